The molecule has 6 nitrogen and oxygen atoms in total. The number of fused-ring (bicyclic) bond motifs is 4. The molecule has 1 saturated heterocycles. The molecule has 1 fully saturated rings. The second-order valence-corrected chi connectivity index (χ2v) is 7.73. The molecule has 0 saturated carbocycles. The molecule has 24 heavy (non-hydrogen) atoms. The van der Waals surface area contributed by atoms with Gasteiger partial charge < -0.3 is 6.53 Å². The topological polar surface area (TPSA) is 74.9 Å². The Morgan fingerprint density at radius 1 is 1.46 bits per heavy atom. The molecule has 2 aromatic rings. The van der Waals surface area contributed by atoms with Crippen molar-refractivity contribution in [1.82, 2.24) is 14.3 Å². The van der Waals surface area contributed by atoms with Crippen LogP contribution in [0, 0.1) is 0 Å². The van der Waals surface area contributed by atoms with Gasteiger partial charge in [-0.1, -0.05) is 0 Å². The van der Waals surface area contributed by atoms with Gasteiger partial charge >= 0.3 is 35.5 Å². The molecule has 3 aliphatic rings. The monoisotopic (exact) mass is 369 g/mol. The van der Waals surface area contributed by atoms with Gasteiger partial charge in [-0.3, -0.25) is 14.1 Å². The van der Waals surface area contributed by atoms with Crippen molar-refractivity contribution in [2.75, 3.05) is 0 Å². The molecule has 1 N–H and O–H groups in total. The van der Waals surface area contributed by atoms with E-state index in [2.05, 4.69) is 9.38 Å². The van der Waals surface area contributed by atoms with E-state index in [4.69, 9.17) is 5.11 Å². The number of carboxylic acid groups (broad SMARTS) is 1. The fourth-order valence-electron chi connectivity index (χ4n) is 3.32. The van der Waals surface area contributed by atoms with Crippen molar-refractivity contribution in [2.24, 2.45) is 0 Å². The molecular formula is C15H12N3NaO3S2. The molecule has 0 aromatic carbocycles. The van der Waals surface area contributed by atoms with E-state index < -0.39 is 5.97 Å². The van der Waals surface area contributed by atoms with Crippen molar-refractivity contribution in [3.8, 4) is 0 Å². The summed E-state index contributed by atoms with van der Waals surface area (Å²) in [5.41, 5.74) is 2.78. The minimum Gasteiger partial charge on any atom is -1.00 e. The first-order chi connectivity index (χ1) is 11.1. The Bertz CT molecular complexity index is 965. The molecule has 5 rings (SSSR count). The summed E-state index contributed by atoms with van der Waals surface area (Å²) in [4.78, 5) is 31.6. The van der Waals surface area contributed by atoms with Crippen LogP contribution in [0.3, 0.4) is 0 Å². The van der Waals surface area contributed by atoms with E-state index in [-0.39, 0.29) is 48.0 Å². The number of aliphatic carboxylic acids is 1. The number of thioether (sulfide) groups is 1. The van der Waals surface area contributed by atoms with E-state index in [9.17, 15) is 9.59 Å². The third-order valence-corrected chi connectivity index (χ3v) is 6.63. The Balaban J connectivity index is 0.000000911. The summed E-state index contributed by atoms with van der Waals surface area (Å²) in [6.07, 6.45) is 7.18. The summed E-state index contributed by atoms with van der Waals surface area (Å²) >= 11 is 3.07. The van der Waals surface area contributed by atoms with Crippen molar-refractivity contribution in [2.45, 2.75) is 24.6 Å². The van der Waals surface area contributed by atoms with E-state index in [0.29, 0.717) is 5.57 Å². The number of aromatic nitrogens is 2. The number of carbonyl (C=O) groups excluding carboxylic acids is 1. The Labute approximate surface area is 169 Å². The number of carbonyl (C=O) groups is 2. The molecule has 4 heterocycles. The van der Waals surface area contributed by atoms with Gasteiger partial charge in [0.25, 0.3) is 5.91 Å². The van der Waals surface area contributed by atoms with Crippen LogP contribution >= 0.6 is 23.1 Å². The van der Waals surface area contributed by atoms with Crippen molar-refractivity contribution in [1.29, 1.82) is 0 Å². The van der Waals surface area contributed by atoms with E-state index >= 15 is 0 Å². The Morgan fingerprint density at radius 3 is 3.08 bits per heavy atom. The Morgan fingerprint density at radius 2 is 2.29 bits per heavy atom. The number of thiazole rings is 1. The third-order valence-electron chi connectivity index (χ3n) is 4.39. The predicted molar refractivity (Wildman–Crippen MR) is 88.1 cm³/mol. The number of hydrogen-bond acceptors (Lipinski definition) is 5. The number of carboxylic acids is 1. The summed E-state index contributed by atoms with van der Waals surface area (Å²) in [7, 11) is 0. The first-order valence-electron chi connectivity index (χ1n) is 7.27. The molecule has 1 unspecified atom stereocenters. The zero-order chi connectivity index (χ0) is 15.7. The zero-order valence-electron chi connectivity index (χ0n) is 13.9. The van der Waals surface area contributed by atoms with Gasteiger partial charge in [0, 0.05) is 22.2 Å². The number of nitrogens with zero attached hydrogens (tertiary/aromatic N) is 3. The summed E-state index contributed by atoms with van der Waals surface area (Å²) in [6, 6.07) is 0. The maximum Gasteiger partial charge on any atom is 1.00 e. The van der Waals surface area contributed by atoms with Crippen LogP contribution in [0.4, 0.5) is 0 Å². The van der Waals surface area contributed by atoms with Gasteiger partial charge in [0.1, 0.15) is 11.1 Å². The predicted octanol–water partition coefficient (Wildman–Crippen LogP) is -0.775. The molecule has 1 aliphatic carbocycles. The van der Waals surface area contributed by atoms with Crippen molar-refractivity contribution >= 4 is 46.0 Å². The van der Waals surface area contributed by atoms with Gasteiger partial charge in [0.05, 0.1) is 11.3 Å². The smallest absolute Gasteiger partial charge is 1.00 e. The second kappa shape index (κ2) is 5.74. The summed E-state index contributed by atoms with van der Waals surface area (Å²) in [5, 5.41) is 10.4. The number of hydrogen-bond donors (Lipinski definition) is 1. The average Bonchev–Trinajstić information content (AvgIpc) is 3.23. The molecule has 0 radical (unpaired) electrons. The first-order valence-corrected chi connectivity index (χ1v) is 9.03. The standard InChI is InChI=1S/C15H11N3O3S2.Na.H/c19-12-8(13-18(12)10(6-22-13)14(20)21)4-7-5-17-9-2-1-3-11(9)23-15(17)16-7;;/h4-6,13H,1-3H2,(H,20,21);;/q;+1;-1/b8-4+;;. The van der Waals surface area contributed by atoms with Crippen LogP contribution in [0.2, 0.25) is 0 Å². The van der Waals surface area contributed by atoms with E-state index in [1.54, 1.807) is 17.4 Å². The molecule has 1 amide bonds. The third kappa shape index (κ3) is 2.17. The molecule has 1 atom stereocenters. The van der Waals surface area contributed by atoms with Gasteiger partial charge in [0.15, 0.2) is 4.96 Å². The van der Waals surface area contributed by atoms with Crippen LogP contribution in [-0.4, -0.2) is 36.6 Å². The quantitative estimate of drug-likeness (QED) is 0.427. The number of rotatable bonds is 2. The van der Waals surface area contributed by atoms with Crippen molar-refractivity contribution in [3.05, 3.63) is 39.1 Å². The van der Waals surface area contributed by atoms with Gasteiger partial charge in [-0.2, -0.15) is 0 Å². The SMILES string of the molecule is O=C(O)C1=CSC2/C(=C/c3cn4c5c(sc4n3)CCC5)C(=O)N12.[H-].[Na+]. The Kier molecular flexibility index (Phi) is 3.92. The summed E-state index contributed by atoms with van der Waals surface area (Å²) in [5.74, 6) is -1.30. The molecular weight excluding hydrogens is 357 g/mol. The molecule has 118 valence electrons. The number of amides is 1. The van der Waals surface area contributed by atoms with Crippen LogP contribution in [0.1, 0.15) is 24.1 Å². The minimum absolute atomic E-state index is 0. The fraction of sp³-hybridized carbons (Fsp3) is 0.267. The van der Waals surface area contributed by atoms with E-state index in [1.807, 2.05) is 6.20 Å². The number of aryl methyl sites for hydroxylation is 2. The second-order valence-electron chi connectivity index (χ2n) is 5.72. The Hall–Kier alpha value is -1.06. The minimum atomic E-state index is -1.06. The number of imidazole rings is 1. The van der Waals surface area contributed by atoms with Crippen LogP contribution in [0.25, 0.3) is 11.0 Å². The van der Waals surface area contributed by atoms with Gasteiger partial charge in [-0.05, 0) is 25.3 Å². The van der Waals surface area contributed by atoms with Crippen molar-refractivity contribution < 1.29 is 45.7 Å². The molecule has 0 bridgehead atoms. The van der Waals surface area contributed by atoms with Crippen LogP contribution < -0.4 is 29.6 Å². The number of β-lactam (4-membered cyclic amide) rings is 1. The van der Waals surface area contributed by atoms with Gasteiger partial charge in [-0.25, -0.2) is 9.78 Å². The van der Waals surface area contributed by atoms with Crippen LogP contribution in [0.5, 0.6) is 0 Å². The maximum atomic E-state index is 12.2. The fourth-order valence-corrected chi connectivity index (χ4v) is 5.63. The first kappa shape index (κ1) is 16.4. The molecule has 0 spiro atoms. The summed E-state index contributed by atoms with van der Waals surface area (Å²) in [6.45, 7) is 0. The zero-order valence-corrected chi connectivity index (χ0v) is 16.5. The average molecular weight is 369 g/mol. The summed E-state index contributed by atoms with van der Waals surface area (Å²) < 4.78 is 2.13. The van der Waals surface area contributed by atoms with E-state index in [0.717, 1.165) is 23.5 Å². The molecule has 2 aliphatic heterocycles. The van der Waals surface area contributed by atoms with Crippen molar-refractivity contribution in [3.63, 3.8) is 0 Å². The maximum absolute atomic E-state index is 12.2. The van der Waals surface area contributed by atoms with Crippen LogP contribution in [0.15, 0.2) is 22.9 Å². The molecule has 9 heteroatoms. The van der Waals surface area contributed by atoms with Gasteiger partial charge in [-0.15, -0.1) is 23.1 Å². The van der Waals surface area contributed by atoms with Crippen LogP contribution in [-0.2, 0) is 22.4 Å². The molecule has 2 aromatic heterocycles. The largest absolute Gasteiger partial charge is 1.00 e. The normalized spacial score (nSPS) is 23.1. The van der Waals surface area contributed by atoms with Gasteiger partial charge in [0.2, 0.25) is 0 Å². The van der Waals surface area contributed by atoms with E-state index in [1.165, 1.54) is 39.1 Å².